The van der Waals surface area contributed by atoms with E-state index in [4.69, 9.17) is 4.98 Å². The molecule has 0 saturated carbocycles. The fraction of sp³-hybridized carbons (Fsp3) is 0.333. The topological polar surface area (TPSA) is 36.4 Å². The predicted molar refractivity (Wildman–Crippen MR) is 108 cm³/mol. The van der Waals surface area contributed by atoms with Gasteiger partial charge in [0.1, 0.15) is 0 Å². The minimum absolute atomic E-state index is 0.132. The molecule has 26 heavy (non-hydrogen) atoms. The summed E-state index contributed by atoms with van der Waals surface area (Å²) in [5.41, 5.74) is 5.49. The molecule has 0 radical (unpaired) electrons. The van der Waals surface area contributed by atoms with Crippen molar-refractivity contribution >= 4 is 32.6 Å². The average Bonchev–Trinajstić information content (AvgIpc) is 3.06. The van der Waals surface area contributed by atoms with E-state index in [2.05, 4.69) is 43.9 Å². The summed E-state index contributed by atoms with van der Waals surface area (Å²) in [7, 11) is 0. The molecule has 0 bridgehead atoms. The molecule has 0 unspecified atom stereocenters. The molecule has 0 aliphatic carbocycles. The maximum absolute atomic E-state index is 12.8. The molecule has 3 aromatic rings. The molecule has 1 aromatic heterocycles. The van der Waals surface area contributed by atoms with Crippen molar-refractivity contribution < 1.29 is 4.79 Å². The van der Waals surface area contributed by atoms with Gasteiger partial charge in [0.05, 0.1) is 10.2 Å². The molecule has 4 rings (SSSR count). The van der Waals surface area contributed by atoms with Gasteiger partial charge in [0.25, 0.3) is 5.91 Å². The molecule has 0 N–H and O–H groups in total. The van der Waals surface area contributed by atoms with Gasteiger partial charge in [-0.15, -0.1) is 0 Å². The Bertz CT molecular complexity index is 971. The zero-order chi connectivity index (χ0) is 18.3. The highest BCUT2D eigenvalue weighted by molar-refractivity contribution is 7.22. The van der Waals surface area contributed by atoms with Gasteiger partial charge in [-0.1, -0.05) is 23.5 Å². The molecular weight excluding hydrogens is 342 g/mol. The second-order valence-corrected chi connectivity index (χ2v) is 8.06. The number of amides is 1. The molecule has 0 atom stereocenters. The molecule has 1 aliphatic heterocycles. The Labute approximate surface area is 158 Å². The van der Waals surface area contributed by atoms with E-state index in [1.54, 1.807) is 11.3 Å². The Balaban J connectivity index is 1.46. The number of benzene rings is 2. The second-order valence-electron chi connectivity index (χ2n) is 7.05. The number of hydrogen-bond donors (Lipinski definition) is 0. The van der Waals surface area contributed by atoms with E-state index in [9.17, 15) is 4.79 Å². The Morgan fingerprint density at radius 2 is 1.73 bits per heavy atom. The van der Waals surface area contributed by atoms with Gasteiger partial charge in [-0.25, -0.2) is 4.98 Å². The van der Waals surface area contributed by atoms with Gasteiger partial charge in [0.15, 0.2) is 5.13 Å². The van der Waals surface area contributed by atoms with E-state index in [0.29, 0.717) is 0 Å². The molecule has 5 heteroatoms. The van der Waals surface area contributed by atoms with Crippen LogP contribution < -0.4 is 4.90 Å². The van der Waals surface area contributed by atoms with Crippen molar-refractivity contribution in [1.82, 2.24) is 9.88 Å². The van der Waals surface area contributed by atoms with Crippen LogP contribution >= 0.6 is 11.3 Å². The van der Waals surface area contributed by atoms with Crippen LogP contribution in [-0.2, 0) is 0 Å². The second kappa shape index (κ2) is 6.72. The van der Waals surface area contributed by atoms with Crippen LogP contribution in [-0.4, -0.2) is 42.0 Å². The summed E-state index contributed by atoms with van der Waals surface area (Å²) in [6, 6.07) is 12.3. The van der Waals surface area contributed by atoms with Crippen LogP contribution in [0.25, 0.3) is 10.2 Å². The summed E-state index contributed by atoms with van der Waals surface area (Å²) in [6.45, 7) is 9.36. The van der Waals surface area contributed by atoms with E-state index in [1.165, 1.54) is 21.4 Å². The first-order chi connectivity index (χ1) is 12.5. The third kappa shape index (κ3) is 3.19. The number of aryl methyl sites for hydroxylation is 3. The van der Waals surface area contributed by atoms with Crippen LogP contribution in [0.1, 0.15) is 27.0 Å². The molecule has 0 spiro atoms. The zero-order valence-corrected chi connectivity index (χ0v) is 16.3. The van der Waals surface area contributed by atoms with Crippen LogP contribution in [0, 0.1) is 20.8 Å². The first-order valence-corrected chi connectivity index (χ1v) is 9.81. The van der Waals surface area contributed by atoms with Gasteiger partial charge >= 0.3 is 0 Å². The van der Waals surface area contributed by atoms with E-state index in [0.717, 1.165) is 42.4 Å². The van der Waals surface area contributed by atoms with Crippen molar-refractivity contribution in [2.24, 2.45) is 0 Å². The van der Waals surface area contributed by atoms with Crippen molar-refractivity contribution in [1.29, 1.82) is 0 Å². The summed E-state index contributed by atoms with van der Waals surface area (Å²) >= 11 is 1.74. The largest absolute Gasteiger partial charge is 0.345 e. The normalized spacial score (nSPS) is 14.9. The van der Waals surface area contributed by atoms with Crippen molar-refractivity contribution in [3.63, 3.8) is 0 Å². The lowest BCUT2D eigenvalue weighted by molar-refractivity contribution is 0.0746. The first-order valence-electron chi connectivity index (χ1n) is 9.00. The quantitative estimate of drug-likeness (QED) is 0.683. The number of aromatic nitrogens is 1. The third-order valence-corrected chi connectivity index (χ3v) is 6.20. The number of hydrogen-bond acceptors (Lipinski definition) is 4. The number of piperazine rings is 1. The number of anilines is 1. The minimum Gasteiger partial charge on any atom is -0.345 e. The first kappa shape index (κ1) is 17.0. The van der Waals surface area contributed by atoms with Crippen molar-refractivity contribution in [3.8, 4) is 0 Å². The summed E-state index contributed by atoms with van der Waals surface area (Å²) in [5, 5.41) is 1.06. The maximum atomic E-state index is 12.8. The van der Waals surface area contributed by atoms with Crippen LogP contribution in [0.4, 0.5) is 5.13 Å². The molecule has 2 heterocycles. The Morgan fingerprint density at radius 3 is 2.46 bits per heavy atom. The smallest absolute Gasteiger partial charge is 0.253 e. The van der Waals surface area contributed by atoms with E-state index in [-0.39, 0.29) is 5.91 Å². The third-order valence-electron chi connectivity index (χ3n) is 5.12. The summed E-state index contributed by atoms with van der Waals surface area (Å²) in [6.07, 6.45) is 0. The molecule has 2 aromatic carbocycles. The summed E-state index contributed by atoms with van der Waals surface area (Å²) < 4.78 is 1.23. The minimum atomic E-state index is 0.132. The van der Waals surface area contributed by atoms with Crippen LogP contribution in [0.2, 0.25) is 0 Å². The Hall–Kier alpha value is -2.40. The van der Waals surface area contributed by atoms with Gasteiger partial charge < -0.3 is 9.80 Å². The summed E-state index contributed by atoms with van der Waals surface area (Å²) in [4.78, 5) is 21.8. The number of nitrogens with zero attached hydrogens (tertiary/aromatic N) is 3. The maximum Gasteiger partial charge on any atom is 0.253 e. The fourth-order valence-corrected chi connectivity index (χ4v) is 4.43. The van der Waals surface area contributed by atoms with E-state index >= 15 is 0 Å². The standard InChI is InChI=1S/C21H23N3OS/c1-14-4-7-18-19(12-14)26-21(22-18)24-10-8-23(9-11-24)20(25)17-6-5-15(2)16(3)13-17/h4-7,12-13H,8-11H2,1-3H3. The van der Waals surface area contributed by atoms with E-state index in [1.807, 2.05) is 23.1 Å². The lowest BCUT2D eigenvalue weighted by Crippen LogP contribution is -2.48. The van der Waals surface area contributed by atoms with Gasteiger partial charge in [-0.2, -0.15) is 0 Å². The lowest BCUT2D eigenvalue weighted by Gasteiger charge is -2.34. The number of rotatable bonds is 2. The average molecular weight is 366 g/mol. The Kier molecular flexibility index (Phi) is 4.41. The van der Waals surface area contributed by atoms with E-state index < -0.39 is 0 Å². The fourth-order valence-electron chi connectivity index (χ4n) is 3.31. The van der Waals surface area contributed by atoms with Gasteiger partial charge in [0.2, 0.25) is 0 Å². The lowest BCUT2D eigenvalue weighted by atomic mass is 10.1. The molecule has 1 saturated heterocycles. The van der Waals surface area contributed by atoms with Crippen LogP contribution in [0.5, 0.6) is 0 Å². The number of carbonyl (C=O) groups is 1. The molecule has 4 nitrogen and oxygen atoms in total. The molecule has 134 valence electrons. The number of carbonyl (C=O) groups excluding carboxylic acids is 1. The molecular formula is C21H23N3OS. The summed E-state index contributed by atoms with van der Waals surface area (Å²) in [5.74, 6) is 0.132. The van der Waals surface area contributed by atoms with Crippen molar-refractivity contribution in [2.75, 3.05) is 31.1 Å². The van der Waals surface area contributed by atoms with Crippen molar-refractivity contribution in [3.05, 3.63) is 58.7 Å². The highest BCUT2D eigenvalue weighted by Crippen LogP contribution is 2.30. The number of fused-ring (bicyclic) bond motifs is 1. The molecule has 1 amide bonds. The predicted octanol–water partition coefficient (Wildman–Crippen LogP) is 4.18. The van der Waals surface area contributed by atoms with Crippen LogP contribution in [0.15, 0.2) is 36.4 Å². The SMILES string of the molecule is Cc1ccc2nc(N3CCN(C(=O)c4ccc(C)c(C)c4)CC3)sc2c1. The zero-order valence-electron chi connectivity index (χ0n) is 15.5. The van der Waals surface area contributed by atoms with Gasteiger partial charge in [-0.3, -0.25) is 4.79 Å². The highest BCUT2D eigenvalue weighted by atomic mass is 32.1. The Morgan fingerprint density at radius 1 is 0.962 bits per heavy atom. The van der Waals surface area contributed by atoms with Gasteiger partial charge in [-0.05, 0) is 61.7 Å². The van der Waals surface area contributed by atoms with Crippen LogP contribution in [0.3, 0.4) is 0 Å². The van der Waals surface area contributed by atoms with Gasteiger partial charge in [0, 0.05) is 31.7 Å². The molecule has 1 fully saturated rings. The van der Waals surface area contributed by atoms with Crippen molar-refractivity contribution in [2.45, 2.75) is 20.8 Å². The monoisotopic (exact) mass is 365 g/mol. The highest BCUT2D eigenvalue weighted by Gasteiger charge is 2.24. The molecule has 1 aliphatic rings. The number of thiazole rings is 1.